The topological polar surface area (TPSA) is 71.1 Å². The fourth-order valence-electron chi connectivity index (χ4n) is 5.80. The van der Waals surface area contributed by atoms with E-state index in [4.69, 9.17) is 19.9 Å². The van der Waals surface area contributed by atoms with Crippen molar-refractivity contribution < 1.29 is 21.3 Å². The van der Waals surface area contributed by atoms with Crippen LogP contribution < -0.4 is 9.97 Å². The Bertz CT molecular complexity index is 1700. The maximum Gasteiger partial charge on any atom is 2.00 e. The molecule has 0 N–H and O–H groups in total. The zero-order valence-electron chi connectivity index (χ0n) is 23.4. The fourth-order valence-corrected chi connectivity index (χ4v) is 5.80. The first-order valence-electron chi connectivity index (χ1n) is 13.2. The van der Waals surface area contributed by atoms with Crippen molar-refractivity contribution in [1.29, 1.82) is 0 Å². The monoisotopic (exact) mass is 548 g/mol. The first-order chi connectivity index (χ1) is 17.7. The molecule has 8 bridgehead atoms. The molecule has 0 amide bonds. The number of hydrogen-bond donors (Lipinski definition) is 0. The van der Waals surface area contributed by atoms with E-state index in [2.05, 4.69) is 53.7 Å². The molecule has 0 saturated carbocycles. The number of fused-ring (bicyclic) bond motifs is 8. The standard InChI is InChI=1S/C32H35N4O.Ni/c1-9-21-16(4)24-12-25-17(5)23(11-3)30(34-25)15-31-32(20(8)37)19(7)27(36-31)14-29-22(10-2)18(6)26(35-29)13-28(21)33-24;/h12-15H,9-11H2,1-8H3,(H-,33,34,35,36,37);/q-1;+2/p-1. The molecule has 0 aliphatic carbocycles. The minimum Gasteiger partial charge on any atom is -0.657 e. The molecule has 0 fully saturated rings. The Morgan fingerprint density at radius 3 is 1.61 bits per heavy atom. The van der Waals surface area contributed by atoms with Gasteiger partial charge in [-0.2, -0.15) is 0 Å². The van der Waals surface area contributed by atoms with E-state index in [0.29, 0.717) is 11.1 Å². The average Bonchev–Trinajstić information content (AvgIpc) is 3.51. The molecular formula is C32H34N4NiO. The summed E-state index contributed by atoms with van der Waals surface area (Å²) in [6.07, 6.45) is 2.61. The molecule has 0 radical (unpaired) electrons. The van der Waals surface area contributed by atoms with Crippen LogP contribution in [0.15, 0.2) is 24.3 Å². The quantitative estimate of drug-likeness (QED) is 0.247. The molecule has 3 aromatic heterocycles. The van der Waals surface area contributed by atoms with Crippen LogP contribution in [0.1, 0.15) is 104 Å². The molecule has 3 aromatic rings. The Balaban J connectivity index is 0.00000336. The van der Waals surface area contributed by atoms with Gasteiger partial charge in [0, 0.05) is 5.56 Å². The second-order valence-electron chi connectivity index (χ2n) is 10.0. The summed E-state index contributed by atoms with van der Waals surface area (Å²) < 4.78 is 0. The molecule has 5 nitrogen and oxygen atoms in total. The van der Waals surface area contributed by atoms with Gasteiger partial charge in [-0.25, -0.2) is 9.97 Å². The maximum absolute atomic E-state index is 12.7. The molecule has 0 unspecified atom stereocenters. The molecule has 38 heavy (non-hydrogen) atoms. The summed E-state index contributed by atoms with van der Waals surface area (Å²) in [7, 11) is 0. The van der Waals surface area contributed by atoms with E-state index in [1.54, 1.807) is 6.92 Å². The van der Waals surface area contributed by atoms with E-state index in [1.807, 2.05) is 19.1 Å². The molecule has 2 aliphatic rings. The first-order valence-corrected chi connectivity index (χ1v) is 13.2. The summed E-state index contributed by atoms with van der Waals surface area (Å²) in [5.41, 5.74) is 15.7. The van der Waals surface area contributed by atoms with Crippen LogP contribution in [0.2, 0.25) is 0 Å². The minimum atomic E-state index is 0. The smallest absolute Gasteiger partial charge is 0.657 e. The second kappa shape index (κ2) is 10.5. The zero-order chi connectivity index (χ0) is 26.6. The summed E-state index contributed by atoms with van der Waals surface area (Å²) in [5, 5.41) is 0. The van der Waals surface area contributed by atoms with Crippen LogP contribution in [0.25, 0.3) is 44.4 Å². The number of ketones is 1. The summed E-state index contributed by atoms with van der Waals surface area (Å²) in [5.74, 6) is 0.00855. The van der Waals surface area contributed by atoms with Gasteiger partial charge in [0.1, 0.15) is 0 Å². The number of hydrogen-bond acceptors (Lipinski definition) is 3. The number of carbonyl (C=O) groups is 1. The van der Waals surface area contributed by atoms with Crippen molar-refractivity contribution in [2.45, 2.75) is 74.7 Å². The molecule has 0 saturated heterocycles. The number of aromatic nitrogens is 4. The van der Waals surface area contributed by atoms with E-state index in [-0.39, 0.29) is 22.3 Å². The van der Waals surface area contributed by atoms with E-state index in [0.717, 1.165) is 69.7 Å². The third-order valence-corrected chi connectivity index (χ3v) is 7.92. The molecule has 5 rings (SSSR count). The summed E-state index contributed by atoms with van der Waals surface area (Å²) in [6.45, 7) is 16.5. The normalized spacial score (nSPS) is 13.3. The number of aryl methyl sites for hydroxylation is 3. The Morgan fingerprint density at radius 1 is 0.658 bits per heavy atom. The van der Waals surface area contributed by atoms with Gasteiger partial charge in [-0.15, -0.1) is 22.1 Å². The third-order valence-electron chi connectivity index (χ3n) is 7.92. The van der Waals surface area contributed by atoms with Crippen LogP contribution in [0.3, 0.4) is 0 Å². The van der Waals surface area contributed by atoms with Gasteiger partial charge < -0.3 is 9.97 Å². The number of carbonyl (C=O) groups excluding carboxylic acids is 1. The van der Waals surface area contributed by atoms with Crippen LogP contribution in [0, 0.1) is 13.8 Å². The zero-order valence-corrected chi connectivity index (χ0v) is 24.4. The number of rotatable bonds is 4. The SMILES string of the molecule is CCC1=C(C)c2cc3[n-]c(cc4nc(cc5[n-]c(cc1n2)c(C)c5C(C)=O)C(CC)=C4C)c(C)c3CC.[Ni+2]. The molecule has 0 aromatic carbocycles. The van der Waals surface area contributed by atoms with E-state index in [1.165, 1.54) is 27.8 Å². The van der Waals surface area contributed by atoms with Gasteiger partial charge >= 0.3 is 16.5 Å². The van der Waals surface area contributed by atoms with Gasteiger partial charge in [-0.3, -0.25) is 4.79 Å². The summed E-state index contributed by atoms with van der Waals surface area (Å²) in [4.78, 5) is 32.8. The van der Waals surface area contributed by atoms with Crippen molar-refractivity contribution in [3.63, 3.8) is 0 Å². The molecule has 0 spiro atoms. The van der Waals surface area contributed by atoms with Crippen LogP contribution in [0.5, 0.6) is 0 Å². The Morgan fingerprint density at radius 2 is 1.11 bits per heavy atom. The van der Waals surface area contributed by atoms with Crippen molar-refractivity contribution in [1.82, 2.24) is 19.9 Å². The molecule has 5 heterocycles. The number of nitrogens with zero attached hydrogens (tertiary/aromatic N) is 4. The molecular weight excluding hydrogens is 515 g/mol. The van der Waals surface area contributed by atoms with Gasteiger partial charge in [-0.1, -0.05) is 61.7 Å². The van der Waals surface area contributed by atoms with Gasteiger partial charge in [0.15, 0.2) is 5.78 Å². The van der Waals surface area contributed by atoms with Crippen molar-refractivity contribution in [2.75, 3.05) is 0 Å². The maximum atomic E-state index is 12.7. The van der Waals surface area contributed by atoms with Crippen molar-refractivity contribution in [2.24, 2.45) is 0 Å². The summed E-state index contributed by atoms with van der Waals surface area (Å²) in [6, 6.07) is 8.24. The predicted octanol–water partition coefficient (Wildman–Crippen LogP) is 7.63. The van der Waals surface area contributed by atoms with Gasteiger partial charge in [0.2, 0.25) is 0 Å². The van der Waals surface area contributed by atoms with E-state index >= 15 is 0 Å². The largest absolute Gasteiger partial charge is 2.00 e. The fraction of sp³-hybridized carbons (Fsp3) is 0.344. The van der Waals surface area contributed by atoms with Gasteiger partial charge in [0.05, 0.1) is 22.8 Å². The molecule has 0 atom stereocenters. The van der Waals surface area contributed by atoms with Crippen LogP contribution in [-0.2, 0) is 22.9 Å². The Labute approximate surface area is 234 Å². The number of allylic oxidation sites excluding steroid dienone is 4. The molecule has 198 valence electrons. The summed E-state index contributed by atoms with van der Waals surface area (Å²) >= 11 is 0. The Kier molecular flexibility index (Phi) is 7.68. The van der Waals surface area contributed by atoms with Crippen LogP contribution >= 0.6 is 0 Å². The van der Waals surface area contributed by atoms with Crippen LogP contribution in [0.4, 0.5) is 0 Å². The van der Waals surface area contributed by atoms with E-state index in [9.17, 15) is 4.79 Å². The van der Waals surface area contributed by atoms with Crippen LogP contribution in [-0.4, -0.2) is 15.8 Å². The number of Topliss-reactive ketones (excluding diaryl/α,β-unsaturated/α-hetero) is 1. The average molecular weight is 549 g/mol. The molecule has 2 aliphatic heterocycles. The van der Waals surface area contributed by atoms with Gasteiger partial charge in [0.25, 0.3) is 0 Å². The van der Waals surface area contributed by atoms with Crippen molar-refractivity contribution in [3.8, 4) is 0 Å². The van der Waals surface area contributed by atoms with Crippen molar-refractivity contribution in [3.05, 3.63) is 69.3 Å². The van der Waals surface area contributed by atoms with Gasteiger partial charge in [-0.05, 0) is 76.2 Å². The van der Waals surface area contributed by atoms with E-state index < -0.39 is 0 Å². The predicted molar refractivity (Wildman–Crippen MR) is 153 cm³/mol. The third kappa shape index (κ3) is 4.39. The first kappa shape index (κ1) is 27.8. The molecule has 6 heteroatoms. The second-order valence-corrected chi connectivity index (χ2v) is 10.0. The Hall–Kier alpha value is -3.24. The van der Waals surface area contributed by atoms with Crippen molar-refractivity contribution >= 4 is 50.1 Å². The minimum absolute atomic E-state index is 0.